The van der Waals surface area contributed by atoms with E-state index >= 15 is 0 Å². The minimum Gasteiger partial charge on any atom is -0.465 e. The molecule has 0 aromatic rings. The van der Waals surface area contributed by atoms with E-state index in [1.165, 1.54) is 4.90 Å². The lowest BCUT2D eigenvalue weighted by Crippen LogP contribution is -2.59. The number of alkyl halides is 1. The fourth-order valence-electron chi connectivity index (χ4n) is 5.53. The van der Waals surface area contributed by atoms with E-state index in [1.54, 1.807) is 24.0 Å². The molecule has 3 unspecified atom stereocenters. The van der Waals surface area contributed by atoms with Crippen molar-refractivity contribution < 1.29 is 29.0 Å². The second kappa shape index (κ2) is 10.3. The van der Waals surface area contributed by atoms with Gasteiger partial charge >= 0.3 is 5.97 Å². The fourth-order valence-corrected chi connectivity index (χ4v) is 6.47. The summed E-state index contributed by atoms with van der Waals surface area (Å²) in [6.45, 7) is 13.2. The van der Waals surface area contributed by atoms with Crippen molar-refractivity contribution in [3.63, 3.8) is 0 Å². The van der Waals surface area contributed by atoms with E-state index in [4.69, 9.17) is 9.47 Å². The average molecular weight is 527 g/mol. The largest absolute Gasteiger partial charge is 0.465 e. The van der Waals surface area contributed by atoms with Gasteiger partial charge in [-0.15, -0.1) is 13.2 Å². The average Bonchev–Trinajstić information content (AvgIpc) is 3.37. The molecule has 2 amide bonds. The monoisotopic (exact) mass is 526 g/mol. The Kier molecular flexibility index (Phi) is 8.07. The highest BCUT2D eigenvalue weighted by Crippen LogP contribution is 2.60. The van der Waals surface area contributed by atoms with Gasteiger partial charge in [-0.3, -0.25) is 14.4 Å². The number of hydrogen-bond donors (Lipinski definition) is 1. The highest BCUT2D eigenvalue weighted by atomic mass is 79.9. The first-order valence-electron chi connectivity index (χ1n) is 11.6. The first-order chi connectivity index (χ1) is 15.7. The number of ether oxygens (including phenoxy) is 2. The van der Waals surface area contributed by atoms with E-state index in [0.29, 0.717) is 19.4 Å². The molecule has 0 saturated carbocycles. The third-order valence-electron chi connectivity index (χ3n) is 7.00. The molecule has 3 rings (SSSR count). The van der Waals surface area contributed by atoms with Crippen molar-refractivity contribution in [2.24, 2.45) is 11.8 Å². The zero-order valence-electron chi connectivity index (χ0n) is 19.6. The maximum atomic E-state index is 13.9. The van der Waals surface area contributed by atoms with Gasteiger partial charge in [0.15, 0.2) is 0 Å². The zero-order chi connectivity index (χ0) is 24.5. The summed E-state index contributed by atoms with van der Waals surface area (Å²) in [5.41, 5.74) is -1.16. The summed E-state index contributed by atoms with van der Waals surface area (Å²) >= 11 is 3.63. The second-order valence-corrected chi connectivity index (χ2v) is 10.6. The highest BCUT2D eigenvalue weighted by Gasteiger charge is 2.77. The summed E-state index contributed by atoms with van der Waals surface area (Å²) < 4.78 is 11.9. The van der Waals surface area contributed by atoms with Crippen molar-refractivity contribution in [2.45, 2.75) is 74.7 Å². The molecule has 0 aliphatic carbocycles. The summed E-state index contributed by atoms with van der Waals surface area (Å²) in [5.74, 6) is -2.72. The van der Waals surface area contributed by atoms with Crippen molar-refractivity contribution in [1.82, 2.24) is 9.80 Å². The van der Waals surface area contributed by atoms with Crippen LogP contribution in [0, 0.1) is 11.8 Å². The van der Waals surface area contributed by atoms with Crippen LogP contribution in [0.15, 0.2) is 25.3 Å². The van der Waals surface area contributed by atoms with Crippen LogP contribution in [-0.2, 0) is 23.9 Å². The number of fused-ring (bicyclic) bond motifs is 1. The van der Waals surface area contributed by atoms with Crippen LogP contribution in [0.2, 0.25) is 0 Å². The van der Waals surface area contributed by atoms with Crippen molar-refractivity contribution >= 4 is 33.7 Å². The molecule has 3 heterocycles. The molecule has 0 aromatic heterocycles. The van der Waals surface area contributed by atoms with Gasteiger partial charge in [0.1, 0.15) is 11.6 Å². The molecular weight excluding hydrogens is 492 g/mol. The molecule has 3 fully saturated rings. The lowest BCUT2D eigenvalue weighted by atomic mass is 9.70. The van der Waals surface area contributed by atoms with Crippen molar-refractivity contribution in [2.75, 3.05) is 19.8 Å². The van der Waals surface area contributed by atoms with E-state index < -0.39 is 41.6 Å². The molecule has 0 aromatic carbocycles. The maximum absolute atomic E-state index is 13.9. The number of hydrogen-bond acceptors (Lipinski definition) is 6. The fraction of sp³-hybridized carbons (Fsp3) is 0.708. The molecular formula is C24H35BrN2O6. The summed E-state index contributed by atoms with van der Waals surface area (Å²) in [6, 6.07) is -1.68. The van der Waals surface area contributed by atoms with Crippen LogP contribution in [0.1, 0.15) is 40.0 Å². The Morgan fingerprint density at radius 3 is 2.64 bits per heavy atom. The van der Waals surface area contributed by atoms with Gasteiger partial charge in [0.2, 0.25) is 11.8 Å². The number of likely N-dealkylation sites (tertiary alicyclic amines) is 1. The number of aliphatic hydroxyl groups is 1. The van der Waals surface area contributed by atoms with Crippen LogP contribution < -0.4 is 0 Å². The Morgan fingerprint density at radius 2 is 2.06 bits per heavy atom. The minimum absolute atomic E-state index is 0.128. The van der Waals surface area contributed by atoms with E-state index in [9.17, 15) is 19.5 Å². The molecule has 7 atom stereocenters. The van der Waals surface area contributed by atoms with Crippen LogP contribution in [-0.4, -0.2) is 87.1 Å². The van der Waals surface area contributed by atoms with Gasteiger partial charge in [0, 0.05) is 17.4 Å². The molecule has 1 spiro atoms. The van der Waals surface area contributed by atoms with Crippen LogP contribution in [0.4, 0.5) is 0 Å². The SMILES string of the molecule is C=CCCCOC(=O)[C@H]1[C@@H]2OC3(CC2Br)C(C(=O)N(CC=C)C(C)C)N([C@H](C)CO)C(=O)[C@H]13. The number of carbonyl (C=O) groups is 3. The molecule has 8 nitrogen and oxygen atoms in total. The van der Waals surface area contributed by atoms with E-state index in [1.807, 2.05) is 13.8 Å². The highest BCUT2D eigenvalue weighted by molar-refractivity contribution is 9.09. The number of halogens is 1. The first kappa shape index (κ1) is 25.9. The molecule has 3 aliphatic rings. The van der Waals surface area contributed by atoms with Crippen molar-refractivity contribution in [3.05, 3.63) is 25.3 Å². The zero-order valence-corrected chi connectivity index (χ0v) is 21.2. The standard InChI is InChI=1S/C24H35BrN2O6/c1-6-8-9-11-32-23(31)17-18-21(29)27(15(5)13-28)20(22(30)26(10-7-2)14(3)4)24(18)12-16(25)19(17)33-24/h6-7,14-20,28H,1-2,8-13H2,3-5H3/t15-,16?,17-,18+,19-,20?,24?/m1/s1. The van der Waals surface area contributed by atoms with Gasteiger partial charge in [0.25, 0.3) is 0 Å². The normalized spacial score (nSPS) is 33.2. The summed E-state index contributed by atoms with van der Waals surface area (Å²) in [6.07, 6.45) is 4.63. The molecule has 0 radical (unpaired) electrons. The van der Waals surface area contributed by atoms with Crippen LogP contribution >= 0.6 is 15.9 Å². The molecule has 33 heavy (non-hydrogen) atoms. The Bertz CT molecular complexity index is 804. The Balaban J connectivity index is 2.00. The number of aliphatic hydroxyl groups excluding tert-OH is 1. The van der Waals surface area contributed by atoms with E-state index in [0.717, 1.165) is 6.42 Å². The van der Waals surface area contributed by atoms with Gasteiger partial charge in [-0.05, 0) is 40.0 Å². The first-order valence-corrected chi connectivity index (χ1v) is 12.5. The van der Waals surface area contributed by atoms with E-state index in [2.05, 4.69) is 29.1 Å². The number of esters is 1. The number of unbranched alkanes of at least 4 members (excludes halogenated alkanes) is 1. The smallest absolute Gasteiger partial charge is 0.312 e. The number of carbonyl (C=O) groups excluding carboxylic acids is 3. The topological polar surface area (TPSA) is 96.4 Å². The second-order valence-electron chi connectivity index (χ2n) is 9.41. The summed E-state index contributed by atoms with van der Waals surface area (Å²) in [5, 5.41) is 9.90. The number of rotatable bonds is 11. The van der Waals surface area contributed by atoms with Crippen LogP contribution in [0.25, 0.3) is 0 Å². The Labute approximate surface area is 204 Å². The number of allylic oxidation sites excluding steroid dienone is 1. The molecule has 3 saturated heterocycles. The lowest BCUT2D eigenvalue weighted by Gasteiger charge is -2.39. The van der Waals surface area contributed by atoms with Crippen LogP contribution in [0.3, 0.4) is 0 Å². The number of amides is 2. The quantitative estimate of drug-likeness (QED) is 0.191. The van der Waals surface area contributed by atoms with Crippen molar-refractivity contribution in [1.29, 1.82) is 0 Å². The molecule has 2 bridgehead atoms. The molecule has 184 valence electrons. The molecule has 3 aliphatic heterocycles. The van der Waals surface area contributed by atoms with Gasteiger partial charge in [-0.25, -0.2) is 0 Å². The molecule has 1 N–H and O–H groups in total. The predicted molar refractivity (Wildman–Crippen MR) is 127 cm³/mol. The Hall–Kier alpha value is -1.71. The minimum atomic E-state index is -1.16. The predicted octanol–water partition coefficient (Wildman–Crippen LogP) is 2.05. The number of nitrogens with zero attached hydrogens (tertiary/aromatic N) is 2. The summed E-state index contributed by atoms with van der Waals surface area (Å²) in [7, 11) is 0. The third-order valence-corrected chi connectivity index (χ3v) is 7.85. The Morgan fingerprint density at radius 1 is 1.36 bits per heavy atom. The lowest BCUT2D eigenvalue weighted by molar-refractivity contribution is -0.156. The van der Waals surface area contributed by atoms with Gasteiger partial charge in [-0.2, -0.15) is 0 Å². The maximum Gasteiger partial charge on any atom is 0.312 e. The van der Waals surface area contributed by atoms with Crippen molar-refractivity contribution in [3.8, 4) is 0 Å². The van der Waals surface area contributed by atoms with Crippen LogP contribution in [0.5, 0.6) is 0 Å². The summed E-state index contributed by atoms with van der Waals surface area (Å²) in [4.78, 5) is 43.6. The van der Waals surface area contributed by atoms with E-state index in [-0.39, 0.29) is 35.9 Å². The van der Waals surface area contributed by atoms with Gasteiger partial charge in [-0.1, -0.05) is 28.1 Å². The van der Waals surface area contributed by atoms with Gasteiger partial charge in [0.05, 0.1) is 37.2 Å². The molecule has 9 heteroatoms. The van der Waals surface area contributed by atoms with Gasteiger partial charge < -0.3 is 24.4 Å². The third kappa shape index (κ3) is 4.28.